The van der Waals surface area contributed by atoms with Crippen molar-refractivity contribution in [3.63, 3.8) is 0 Å². The van der Waals surface area contributed by atoms with E-state index in [1.165, 1.54) is 0 Å². The predicted molar refractivity (Wildman–Crippen MR) is 252 cm³/mol. The van der Waals surface area contributed by atoms with Gasteiger partial charge in [0.15, 0.2) is 0 Å². The molecule has 0 N–H and O–H groups in total. The zero-order chi connectivity index (χ0) is 47.5. The Labute approximate surface area is 381 Å². The number of nitrogens with zero attached hydrogens (tertiary/aromatic N) is 3. The zero-order valence-electron chi connectivity index (χ0n) is 42.1. The number of unbranched alkanes of at least 4 members (excludes halogenated alkanes) is 1. The van der Waals surface area contributed by atoms with Crippen LogP contribution in [0.15, 0.2) is 36.4 Å². The van der Waals surface area contributed by atoms with Gasteiger partial charge in [0.25, 0.3) is 0 Å². The van der Waals surface area contributed by atoms with E-state index in [4.69, 9.17) is 37.0 Å². The van der Waals surface area contributed by atoms with Crippen LogP contribution >= 0.6 is 15.2 Å². The van der Waals surface area contributed by atoms with Gasteiger partial charge in [-0.25, -0.2) is 0 Å². The van der Waals surface area contributed by atoms with Gasteiger partial charge >= 0.3 is 15.2 Å². The van der Waals surface area contributed by atoms with Crippen LogP contribution in [0.1, 0.15) is 152 Å². The Kier molecular flexibility index (Phi) is 17.5. The molecule has 0 saturated heterocycles. The van der Waals surface area contributed by atoms with Crippen molar-refractivity contribution in [3.05, 3.63) is 58.7 Å². The minimum atomic E-state index is -3.86. The van der Waals surface area contributed by atoms with E-state index in [2.05, 4.69) is 40.9 Å². The average Bonchev–Trinajstić information content (AvgIpc) is 3.05. The molecule has 0 spiro atoms. The molecule has 2 aromatic rings. The molecule has 2 aliphatic heterocycles. The van der Waals surface area contributed by atoms with E-state index in [1.807, 2.05) is 135 Å². The molecule has 0 fully saturated rings. The normalized spacial score (nSPS) is 17.7. The second-order valence-electron chi connectivity index (χ2n) is 22.4. The van der Waals surface area contributed by atoms with Crippen LogP contribution in [0.3, 0.4) is 0 Å². The van der Waals surface area contributed by atoms with Crippen molar-refractivity contribution in [1.82, 2.24) is 14.7 Å². The molecule has 63 heavy (non-hydrogen) atoms. The second-order valence-corrected chi connectivity index (χ2v) is 26.2. The number of hydrogen-bond acceptors (Lipinski definition) is 13. The van der Waals surface area contributed by atoms with Crippen molar-refractivity contribution in [2.45, 2.75) is 196 Å². The van der Waals surface area contributed by atoms with Gasteiger partial charge in [-0.3, -0.25) is 18.9 Å². The van der Waals surface area contributed by atoms with Gasteiger partial charge in [-0.2, -0.15) is 0 Å². The van der Waals surface area contributed by atoms with Crippen LogP contribution in [-0.2, 0) is 63.0 Å². The van der Waals surface area contributed by atoms with Crippen LogP contribution in [0.2, 0.25) is 0 Å². The number of para-hydroxylation sites is 2. The fourth-order valence-electron chi connectivity index (χ4n) is 7.78. The maximum atomic E-state index is 15.4. The Hall–Kier alpha value is -1.86. The first-order chi connectivity index (χ1) is 28.6. The lowest BCUT2D eigenvalue weighted by Gasteiger charge is -2.41. The fourth-order valence-corrected chi connectivity index (χ4v) is 12.9. The molecular formula is C48H83N3O10P2. The van der Waals surface area contributed by atoms with Crippen LogP contribution in [0.5, 0.6) is 11.5 Å². The minimum absolute atomic E-state index is 0.0126. The first-order valence-electron chi connectivity index (χ1n) is 22.6. The Morgan fingerprint density at radius 3 is 1.44 bits per heavy atom. The monoisotopic (exact) mass is 924 g/mol. The Morgan fingerprint density at radius 1 is 0.619 bits per heavy atom. The van der Waals surface area contributed by atoms with Gasteiger partial charge in [-0.05, 0) is 117 Å². The van der Waals surface area contributed by atoms with Crippen LogP contribution < -0.4 is 9.47 Å². The van der Waals surface area contributed by atoms with E-state index in [0.29, 0.717) is 39.3 Å². The maximum absolute atomic E-state index is 15.4. The predicted octanol–water partition coefficient (Wildman–Crippen LogP) is 11.9. The van der Waals surface area contributed by atoms with Crippen molar-refractivity contribution in [2.75, 3.05) is 39.8 Å². The molecule has 2 aromatic carbocycles. The highest BCUT2D eigenvalue weighted by Gasteiger charge is 2.42. The fraction of sp³-hybridized carbons (Fsp3) is 0.750. The van der Waals surface area contributed by atoms with Gasteiger partial charge in [-0.1, -0.05) is 42.8 Å². The number of fused-ring (bicyclic) bond motifs is 2. The number of benzene rings is 2. The molecule has 0 saturated carbocycles. The summed E-state index contributed by atoms with van der Waals surface area (Å²) >= 11 is 0. The van der Waals surface area contributed by atoms with Crippen LogP contribution in [0, 0.1) is 0 Å². The van der Waals surface area contributed by atoms with Gasteiger partial charge in [0, 0.05) is 75.6 Å². The number of rotatable bonds is 20. The quantitative estimate of drug-likeness (QED) is 0.0927. The molecule has 2 aliphatic rings. The van der Waals surface area contributed by atoms with Crippen LogP contribution in [0.4, 0.5) is 0 Å². The van der Waals surface area contributed by atoms with E-state index in [1.54, 1.807) is 0 Å². The Bertz CT molecular complexity index is 1870. The molecule has 0 unspecified atom stereocenters. The lowest BCUT2D eigenvalue weighted by molar-refractivity contribution is -0.181. The zero-order valence-corrected chi connectivity index (χ0v) is 43.9. The molecule has 2 heterocycles. The van der Waals surface area contributed by atoms with Gasteiger partial charge < -0.3 is 41.9 Å². The van der Waals surface area contributed by atoms with Gasteiger partial charge in [0.05, 0.1) is 35.6 Å². The molecule has 15 heteroatoms. The summed E-state index contributed by atoms with van der Waals surface area (Å²) in [5.74, 6) is -0.170. The minimum Gasteiger partial charge on any atom is -0.462 e. The molecule has 1 atom stereocenters. The second kappa shape index (κ2) is 20.6. The van der Waals surface area contributed by atoms with Gasteiger partial charge in [-0.15, -0.1) is 0 Å². The summed E-state index contributed by atoms with van der Waals surface area (Å²) in [5, 5.41) is 0. The highest BCUT2D eigenvalue weighted by atomic mass is 31.2. The van der Waals surface area contributed by atoms with Crippen LogP contribution in [0.25, 0.3) is 0 Å². The summed E-state index contributed by atoms with van der Waals surface area (Å²) in [5.41, 5.74) is 0.632. The SMILES string of the molecule is CN(C)CCCC[C@@H](CN(Cc1cccc2c1OC(C)(C)OC2)CP(=O)(OC(C)(C)C)OC(C)(C)C)N(Cc1cccc2c1OC(C)(C)OC2)CP(=O)(OC(C)(C)C)OC(C)(C)C. The summed E-state index contributed by atoms with van der Waals surface area (Å²) in [6, 6.07) is 11.9. The van der Waals surface area contributed by atoms with E-state index in [-0.39, 0.29) is 18.6 Å². The van der Waals surface area contributed by atoms with Crippen molar-refractivity contribution in [2.24, 2.45) is 0 Å². The van der Waals surface area contributed by atoms with Gasteiger partial charge in [0.2, 0.25) is 11.6 Å². The third-order valence-electron chi connectivity index (χ3n) is 9.73. The standard InChI is InChI=1S/C48H83N3O10P2/c1-43(2,3)58-62(52,59-44(4,5)6)34-50(29-36-23-21-25-38-32-54-47(13,14)56-41(36)38)31-40(27-19-20-28-49(17)18)51(35-63(53,60-45(7,8)9)61-46(10,11)12)30-37-24-22-26-39-33-55-48(15,16)57-42(37)39/h21-26,40H,19-20,27-35H2,1-18H3/t40-/m0/s1. The van der Waals surface area contributed by atoms with E-state index >= 15 is 9.13 Å². The molecule has 13 nitrogen and oxygen atoms in total. The average molecular weight is 924 g/mol. The first-order valence-corrected chi connectivity index (χ1v) is 26.1. The lowest BCUT2D eigenvalue weighted by atomic mass is 10.0. The van der Waals surface area contributed by atoms with E-state index in [9.17, 15) is 0 Å². The highest BCUT2D eigenvalue weighted by Crippen LogP contribution is 2.57. The molecule has 0 aromatic heterocycles. The smallest absolute Gasteiger partial charge is 0.345 e. The molecule has 0 aliphatic carbocycles. The maximum Gasteiger partial charge on any atom is 0.345 e. The van der Waals surface area contributed by atoms with E-state index < -0.39 is 49.2 Å². The highest BCUT2D eigenvalue weighted by molar-refractivity contribution is 7.54. The molecular weight excluding hydrogens is 840 g/mol. The summed E-state index contributed by atoms with van der Waals surface area (Å²) in [4.78, 5) is 6.58. The number of ether oxygens (including phenoxy) is 4. The molecule has 0 bridgehead atoms. The third-order valence-corrected chi connectivity index (χ3v) is 14.5. The summed E-state index contributed by atoms with van der Waals surface area (Å²) < 4.78 is 81.8. The summed E-state index contributed by atoms with van der Waals surface area (Å²) in [6.45, 7) is 33.2. The van der Waals surface area contributed by atoms with Crippen molar-refractivity contribution in [1.29, 1.82) is 0 Å². The van der Waals surface area contributed by atoms with Crippen molar-refractivity contribution >= 4 is 15.2 Å². The Balaban J connectivity index is 1.94. The molecule has 4 rings (SSSR count). The Morgan fingerprint density at radius 2 is 1.03 bits per heavy atom. The number of hydrogen-bond donors (Lipinski definition) is 0. The van der Waals surface area contributed by atoms with Crippen LogP contribution in [-0.4, -0.2) is 94.5 Å². The van der Waals surface area contributed by atoms with E-state index in [0.717, 1.165) is 53.1 Å². The molecule has 0 radical (unpaired) electrons. The van der Waals surface area contributed by atoms with Gasteiger partial charge in [0.1, 0.15) is 24.1 Å². The first kappa shape index (κ1) is 53.8. The van der Waals surface area contributed by atoms with Crippen molar-refractivity contribution < 1.29 is 46.2 Å². The van der Waals surface area contributed by atoms with Crippen molar-refractivity contribution in [3.8, 4) is 11.5 Å². The lowest BCUT2D eigenvalue weighted by Crippen LogP contribution is -2.46. The molecule has 360 valence electrons. The largest absolute Gasteiger partial charge is 0.462 e. The topological polar surface area (TPSA) is 118 Å². The third kappa shape index (κ3) is 18.4. The summed E-state index contributed by atoms with van der Waals surface area (Å²) in [7, 11) is -3.54. The summed E-state index contributed by atoms with van der Waals surface area (Å²) in [6.07, 6.45) is 2.49. The molecule has 0 amide bonds.